The maximum atomic E-state index is 12.5. The minimum absolute atomic E-state index is 0.0268. The molecule has 1 amide bonds. The number of rotatable bonds is 4. The molecule has 0 radical (unpaired) electrons. The summed E-state index contributed by atoms with van der Waals surface area (Å²) in [6, 6.07) is 15.7. The first kappa shape index (κ1) is 15.6. The average Bonchev–Trinajstić information content (AvgIpc) is 2.99. The van der Waals surface area contributed by atoms with Gasteiger partial charge < -0.3 is 15.4 Å². The van der Waals surface area contributed by atoms with Gasteiger partial charge in [-0.05, 0) is 37.1 Å². The van der Waals surface area contributed by atoms with Crippen LogP contribution in [0.5, 0.6) is 5.75 Å². The van der Waals surface area contributed by atoms with Crippen molar-refractivity contribution >= 4 is 5.91 Å². The molecule has 0 unspecified atom stereocenters. The summed E-state index contributed by atoms with van der Waals surface area (Å²) < 4.78 is 5.83. The molecular weight excluding hydrogens is 288 g/mol. The molecule has 1 saturated heterocycles. The number of benzene rings is 2. The number of hydrogen-bond donors (Lipinski definition) is 1. The first-order valence-corrected chi connectivity index (χ1v) is 7.95. The van der Waals surface area contributed by atoms with Crippen LogP contribution in [0.4, 0.5) is 0 Å². The van der Waals surface area contributed by atoms with Crippen LogP contribution >= 0.6 is 0 Å². The fraction of sp³-hybridized carbons (Fsp3) is 0.316. The van der Waals surface area contributed by atoms with Gasteiger partial charge in [-0.3, -0.25) is 4.79 Å². The van der Waals surface area contributed by atoms with Crippen LogP contribution < -0.4 is 10.5 Å². The fourth-order valence-corrected chi connectivity index (χ4v) is 2.84. The van der Waals surface area contributed by atoms with Gasteiger partial charge in [0.2, 0.25) is 0 Å². The molecule has 1 heterocycles. The summed E-state index contributed by atoms with van der Waals surface area (Å²) in [7, 11) is 0. The lowest BCUT2D eigenvalue weighted by Gasteiger charge is -2.16. The van der Waals surface area contributed by atoms with Gasteiger partial charge >= 0.3 is 0 Å². The summed E-state index contributed by atoms with van der Waals surface area (Å²) in [4.78, 5) is 14.3. The van der Waals surface area contributed by atoms with Gasteiger partial charge in [-0.1, -0.05) is 35.9 Å². The van der Waals surface area contributed by atoms with Crippen molar-refractivity contribution in [3.63, 3.8) is 0 Å². The predicted octanol–water partition coefficient (Wildman–Crippen LogP) is 2.75. The Kier molecular flexibility index (Phi) is 4.63. The summed E-state index contributed by atoms with van der Waals surface area (Å²) in [5.74, 6) is 0.736. The van der Waals surface area contributed by atoms with Gasteiger partial charge in [0, 0.05) is 24.7 Å². The molecule has 2 aromatic carbocycles. The van der Waals surface area contributed by atoms with E-state index in [-0.39, 0.29) is 11.9 Å². The summed E-state index contributed by atoms with van der Waals surface area (Å²) in [6.07, 6.45) is 0.870. The minimum atomic E-state index is 0.0268. The van der Waals surface area contributed by atoms with Crippen LogP contribution in [0.3, 0.4) is 0 Å². The minimum Gasteiger partial charge on any atom is -0.489 e. The Morgan fingerprint density at radius 3 is 2.83 bits per heavy atom. The van der Waals surface area contributed by atoms with E-state index in [1.165, 1.54) is 5.56 Å². The van der Waals surface area contributed by atoms with Crippen molar-refractivity contribution in [2.24, 2.45) is 5.73 Å². The normalized spacial score (nSPS) is 17.3. The van der Waals surface area contributed by atoms with E-state index in [0.717, 1.165) is 18.5 Å². The molecule has 0 aromatic heterocycles. The van der Waals surface area contributed by atoms with Gasteiger partial charge in [0.05, 0.1) is 0 Å². The zero-order valence-corrected chi connectivity index (χ0v) is 13.4. The summed E-state index contributed by atoms with van der Waals surface area (Å²) in [5, 5.41) is 0. The Balaban J connectivity index is 1.66. The Bertz CT molecular complexity index is 699. The molecule has 1 fully saturated rings. The fourth-order valence-electron chi connectivity index (χ4n) is 2.84. The summed E-state index contributed by atoms with van der Waals surface area (Å²) >= 11 is 0. The molecule has 0 aliphatic carbocycles. The maximum Gasteiger partial charge on any atom is 0.254 e. The van der Waals surface area contributed by atoms with Crippen molar-refractivity contribution < 1.29 is 9.53 Å². The third kappa shape index (κ3) is 3.90. The number of aryl methyl sites for hydroxylation is 1. The Hall–Kier alpha value is -2.33. The van der Waals surface area contributed by atoms with Crippen molar-refractivity contribution in [2.45, 2.75) is 26.0 Å². The molecule has 1 aliphatic rings. The standard InChI is InChI=1S/C19H22N2O2/c1-14-4-2-5-15(10-14)13-23-18-7-3-6-16(11-18)19(22)21-9-8-17(20)12-21/h2-7,10-11,17H,8-9,12-13,20H2,1H3/t17-/m1/s1. The molecule has 1 aliphatic heterocycles. The third-order valence-electron chi connectivity index (χ3n) is 4.08. The van der Waals surface area contributed by atoms with Crippen LogP contribution in [-0.4, -0.2) is 29.9 Å². The average molecular weight is 310 g/mol. The molecule has 120 valence electrons. The molecule has 3 rings (SSSR count). The van der Waals surface area contributed by atoms with E-state index in [0.29, 0.717) is 24.5 Å². The molecule has 4 nitrogen and oxygen atoms in total. The van der Waals surface area contributed by atoms with Gasteiger partial charge in [0.15, 0.2) is 0 Å². The maximum absolute atomic E-state index is 12.5. The largest absolute Gasteiger partial charge is 0.489 e. The van der Waals surface area contributed by atoms with Gasteiger partial charge in [-0.2, -0.15) is 0 Å². The number of amides is 1. The highest BCUT2D eigenvalue weighted by Crippen LogP contribution is 2.19. The molecule has 0 saturated carbocycles. The summed E-state index contributed by atoms with van der Waals surface area (Å²) in [5.41, 5.74) is 8.86. The molecule has 0 bridgehead atoms. The van der Waals surface area contributed by atoms with Gasteiger partial charge in [-0.25, -0.2) is 0 Å². The molecule has 2 aromatic rings. The highest BCUT2D eigenvalue weighted by molar-refractivity contribution is 5.94. The van der Waals surface area contributed by atoms with E-state index < -0.39 is 0 Å². The topological polar surface area (TPSA) is 55.6 Å². The number of carbonyl (C=O) groups excluding carboxylic acids is 1. The van der Waals surface area contributed by atoms with E-state index >= 15 is 0 Å². The molecule has 23 heavy (non-hydrogen) atoms. The van der Waals surface area contributed by atoms with E-state index in [2.05, 4.69) is 19.1 Å². The monoisotopic (exact) mass is 310 g/mol. The smallest absolute Gasteiger partial charge is 0.254 e. The van der Waals surface area contributed by atoms with Crippen molar-refractivity contribution in [3.05, 3.63) is 65.2 Å². The number of likely N-dealkylation sites (tertiary alicyclic amines) is 1. The van der Waals surface area contributed by atoms with E-state index in [1.807, 2.05) is 41.3 Å². The third-order valence-corrected chi connectivity index (χ3v) is 4.08. The van der Waals surface area contributed by atoms with Crippen molar-refractivity contribution in [2.75, 3.05) is 13.1 Å². The number of nitrogens with two attached hydrogens (primary N) is 1. The second kappa shape index (κ2) is 6.84. The lowest BCUT2D eigenvalue weighted by molar-refractivity contribution is 0.0790. The van der Waals surface area contributed by atoms with Crippen LogP contribution in [0.25, 0.3) is 0 Å². The number of carbonyl (C=O) groups is 1. The molecule has 4 heteroatoms. The van der Waals surface area contributed by atoms with Crippen molar-refractivity contribution in [1.29, 1.82) is 0 Å². The van der Waals surface area contributed by atoms with Crippen molar-refractivity contribution in [3.8, 4) is 5.75 Å². The van der Waals surface area contributed by atoms with E-state index in [9.17, 15) is 4.79 Å². The highest BCUT2D eigenvalue weighted by atomic mass is 16.5. The van der Waals surface area contributed by atoms with Gasteiger partial charge in [0.25, 0.3) is 5.91 Å². The van der Waals surface area contributed by atoms with Gasteiger partial charge in [-0.15, -0.1) is 0 Å². The van der Waals surface area contributed by atoms with Crippen LogP contribution in [0.2, 0.25) is 0 Å². The second-order valence-electron chi connectivity index (χ2n) is 6.11. The second-order valence-corrected chi connectivity index (χ2v) is 6.11. The van der Waals surface area contributed by atoms with Crippen molar-refractivity contribution in [1.82, 2.24) is 4.90 Å². The van der Waals surface area contributed by atoms with Crippen LogP contribution in [0, 0.1) is 6.92 Å². The Labute approximate surface area is 136 Å². The Morgan fingerprint density at radius 1 is 1.26 bits per heavy atom. The quantitative estimate of drug-likeness (QED) is 0.944. The van der Waals surface area contributed by atoms with Crippen LogP contribution in [0.15, 0.2) is 48.5 Å². The molecule has 2 N–H and O–H groups in total. The highest BCUT2D eigenvalue weighted by Gasteiger charge is 2.24. The Morgan fingerprint density at radius 2 is 2.09 bits per heavy atom. The number of hydrogen-bond acceptors (Lipinski definition) is 3. The number of nitrogens with zero attached hydrogens (tertiary/aromatic N) is 1. The SMILES string of the molecule is Cc1cccc(COc2cccc(C(=O)N3CC[C@@H](N)C3)c2)c1. The lowest BCUT2D eigenvalue weighted by Crippen LogP contribution is -2.31. The van der Waals surface area contributed by atoms with E-state index in [1.54, 1.807) is 0 Å². The zero-order valence-electron chi connectivity index (χ0n) is 13.4. The first-order chi connectivity index (χ1) is 11.1. The molecule has 0 spiro atoms. The lowest BCUT2D eigenvalue weighted by atomic mass is 10.1. The van der Waals surface area contributed by atoms with E-state index in [4.69, 9.17) is 10.5 Å². The predicted molar refractivity (Wildman–Crippen MR) is 90.4 cm³/mol. The summed E-state index contributed by atoms with van der Waals surface area (Å²) in [6.45, 7) is 3.92. The molecular formula is C19H22N2O2. The van der Waals surface area contributed by atoms with Gasteiger partial charge in [0.1, 0.15) is 12.4 Å². The zero-order chi connectivity index (χ0) is 16.2. The van der Waals surface area contributed by atoms with Crippen LogP contribution in [-0.2, 0) is 6.61 Å². The molecule has 1 atom stereocenters. The van der Waals surface area contributed by atoms with Crippen LogP contribution in [0.1, 0.15) is 27.9 Å². The first-order valence-electron chi connectivity index (χ1n) is 7.95. The number of ether oxygens (including phenoxy) is 1.